The molecule has 10 rings (SSSR count). The van der Waals surface area contributed by atoms with E-state index in [0.29, 0.717) is 32.1 Å². The summed E-state index contributed by atoms with van der Waals surface area (Å²) in [6, 6.07) is 0. The number of carbonyl (C=O) groups excluding carboxylic acids is 2. The lowest BCUT2D eigenvalue weighted by Gasteiger charge is -2.71. The van der Waals surface area contributed by atoms with Gasteiger partial charge >= 0.3 is 5.97 Å². The highest BCUT2D eigenvalue weighted by molar-refractivity contribution is 6.06. The molecule has 9 fully saturated rings. The van der Waals surface area contributed by atoms with Gasteiger partial charge in [-0.2, -0.15) is 0 Å². The van der Waals surface area contributed by atoms with Crippen LogP contribution in [-0.2, 0) is 57.0 Å². The van der Waals surface area contributed by atoms with Gasteiger partial charge in [-0.15, -0.1) is 0 Å². The summed E-state index contributed by atoms with van der Waals surface area (Å²) in [6.45, 7) is 15.0. The molecule has 0 unspecified atom stereocenters. The Labute approximate surface area is 499 Å². The number of hydrogen-bond donors (Lipinski definition) is 15. The average Bonchev–Trinajstić information content (AvgIpc) is 0.673. The van der Waals surface area contributed by atoms with E-state index in [0.717, 1.165) is 5.57 Å². The predicted octanol–water partition coefficient (Wildman–Crippen LogP) is -3.37. The van der Waals surface area contributed by atoms with Crippen LogP contribution in [0.3, 0.4) is 0 Å². The number of esters is 1. The van der Waals surface area contributed by atoms with E-state index in [1.165, 1.54) is 20.8 Å². The van der Waals surface area contributed by atoms with Crippen molar-refractivity contribution in [2.45, 2.75) is 273 Å². The number of allylic oxidation sites excluding steroid dienone is 2. The lowest BCUT2D eigenvalue weighted by Crippen LogP contribution is -2.70. The van der Waals surface area contributed by atoms with Gasteiger partial charge in [-0.3, -0.25) is 9.59 Å². The smallest absolute Gasteiger partial charge is 0.322 e. The van der Waals surface area contributed by atoms with E-state index in [-0.39, 0.29) is 42.3 Å². The summed E-state index contributed by atoms with van der Waals surface area (Å²) >= 11 is 0. The molecule has 0 amide bonds. The number of hydrogen-bond acceptors (Lipinski definition) is 27. The van der Waals surface area contributed by atoms with Gasteiger partial charge in [0.2, 0.25) is 6.29 Å². The summed E-state index contributed by atoms with van der Waals surface area (Å²) in [4.78, 5) is 31.2. The Morgan fingerprint density at radius 3 is 1.77 bits per heavy atom. The van der Waals surface area contributed by atoms with Crippen LogP contribution in [-0.4, -0.2) is 268 Å². The summed E-state index contributed by atoms with van der Waals surface area (Å²) in [5.41, 5.74) is -4.51. The first-order valence-corrected chi connectivity index (χ1v) is 30.5. The van der Waals surface area contributed by atoms with Crippen molar-refractivity contribution in [3.05, 3.63) is 11.6 Å². The largest absolute Gasteiger partial charge is 0.432 e. The van der Waals surface area contributed by atoms with Crippen LogP contribution in [0.4, 0.5) is 0 Å². The Balaban J connectivity index is 0.866. The summed E-state index contributed by atoms with van der Waals surface area (Å²) in [6.07, 6.45) is -36.4. The van der Waals surface area contributed by atoms with Crippen molar-refractivity contribution in [1.29, 1.82) is 0 Å². The normalized spacial score (nSPS) is 55.7. The topological polar surface area (TPSA) is 430 Å². The molecule has 0 bridgehead atoms. The first-order chi connectivity index (χ1) is 40.2. The number of aliphatic hydroxyl groups excluding tert-OH is 15. The molecule has 86 heavy (non-hydrogen) atoms. The molecule has 0 aromatic heterocycles. The third-order valence-corrected chi connectivity index (χ3v) is 22.9. The van der Waals surface area contributed by atoms with Gasteiger partial charge in [0, 0.05) is 23.2 Å². The minimum Gasteiger partial charge on any atom is -0.432 e. The number of ether oxygens (including phenoxy) is 10. The summed E-state index contributed by atoms with van der Waals surface area (Å²) in [5, 5.41) is 165. The van der Waals surface area contributed by atoms with Gasteiger partial charge in [0.05, 0.1) is 50.3 Å². The second-order valence-corrected chi connectivity index (χ2v) is 28.5. The molecule has 5 aliphatic carbocycles. The van der Waals surface area contributed by atoms with Crippen LogP contribution in [0.5, 0.6) is 0 Å². The molecular formula is C59H94O27. The van der Waals surface area contributed by atoms with E-state index in [9.17, 15) is 76.6 Å². The quantitative estimate of drug-likeness (QED) is 0.0393. The standard InChI is InChI=1S/C59H94O27/c1-22-33(65)36(68)40(72)49(78-22)83-45-28(63)20-77-48(43(45)75)82-44-24(3)80-50(42(74)39(44)71)84-46-38(70)34(66)23(2)79-52(46)86-53(76)59-15-14-54(4,5)16-26(59)25-10-11-31-55(6)17-27(62)47(85-51-41(73)37(69)35(67)29(19-60)81-51)56(7,21-61)30(55)12-13-57(31,8)58(25,9)18-32(59)64/h10,22-24,26-31,33-52,60-63,65-75H,11-21H2,1-9H3/t22-,23+,24-,26-,27-,28+,29+,30+,31+,33-,34-,35+,36+,37-,38-,39-,40+,41+,42+,43+,44-,45-,46+,47-,48-,49-,50-,51-,52-,55-,56-,57+,58+,59+/m0/s1. The van der Waals surface area contributed by atoms with E-state index in [1.54, 1.807) is 0 Å². The fraction of sp³-hybridized carbons (Fsp3) is 0.932. The van der Waals surface area contributed by atoms with Crippen molar-refractivity contribution in [2.75, 3.05) is 19.8 Å². The number of aliphatic hydroxyl groups is 15. The number of Topliss-reactive ketones (excluding diaryl/α,β-unsaturated/α-hetero) is 1. The van der Waals surface area contributed by atoms with Crippen LogP contribution < -0.4 is 0 Å². The van der Waals surface area contributed by atoms with Gasteiger partial charge in [0.25, 0.3) is 0 Å². The predicted molar refractivity (Wildman–Crippen MR) is 288 cm³/mol. The van der Waals surface area contributed by atoms with E-state index in [2.05, 4.69) is 40.7 Å². The lowest BCUT2D eigenvalue weighted by molar-refractivity contribution is -0.379. The number of ketones is 1. The molecule has 10 aliphatic rings. The van der Waals surface area contributed by atoms with Crippen LogP contribution in [0, 0.1) is 50.2 Å². The van der Waals surface area contributed by atoms with Crippen LogP contribution in [0.1, 0.15) is 114 Å². The molecule has 0 spiro atoms. The van der Waals surface area contributed by atoms with E-state index >= 15 is 9.59 Å². The Hall–Kier alpha value is -2.08. The number of fused-ring (bicyclic) bond motifs is 7. The molecule has 5 saturated heterocycles. The molecular weight excluding hydrogens is 1140 g/mol. The zero-order chi connectivity index (χ0) is 63.0. The fourth-order valence-corrected chi connectivity index (χ4v) is 17.6. The van der Waals surface area contributed by atoms with Crippen LogP contribution in [0.2, 0.25) is 0 Å². The molecule has 27 nitrogen and oxygen atoms in total. The van der Waals surface area contributed by atoms with Crippen LogP contribution in [0.25, 0.3) is 0 Å². The molecule has 27 heteroatoms. The van der Waals surface area contributed by atoms with Crippen LogP contribution >= 0.6 is 0 Å². The highest BCUT2D eigenvalue weighted by atomic mass is 16.8. The minimum absolute atomic E-state index is 0.0741. The summed E-state index contributed by atoms with van der Waals surface area (Å²) in [5.74, 6) is -2.48. The Morgan fingerprint density at radius 2 is 1.13 bits per heavy atom. The Kier molecular flexibility index (Phi) is 18.7. The van der Waals surface area contributed by atoms with E-state index < -0.39 is 218 Å². The zero-order valence-corrected chi connectivity index (χ0v) is 50.2. The van der Waals surface area contributed by atoms with E-state index in [4.69, 9.17) is 47.4 Å². The number of carbonyl (C=O) groups is 2. The molecule has 34 atom stereocenters. The molecule has 15 N–H and O–H groups in total. The van der Waals surface area contributed by atoms with Crippen molar-refractivity contribution in [3.8, 4) is 0 Å². The molecule has 4 saturated carbocycles. The number of rotatable bonds is 12. The highest BCUT2D eigenvalue weighted by Gasteiger charge is 2.73. The fourth-order valence-electron chi connectivity index (χ4n) is 17.6. The van der Waals surface area contributed by atoms with Gasteiger partial charge in [-0.1, -0.05) is 53.2 Å². The van der Waals surface area contributed by atoms with Crippen molar-refractivity contribution < 1.29 is 134 Å². The van der Waals surface area contributed by atoms with Gasteiger partial charge in [-0.25, -0.2) is 0 Å². The van der Waals surface area contributed by atoms with Gasteiger partial charge in [-0.05, 0) is 93.8 Å². The summed E-state index contributed by atoms with van der Waals surface area (Å²) in [7, 11) is 0. The van der Waals surface area contributed by atoms with Crippen molar-refractivity contribution in [2.24, 2.45) is 50.2 Å². The zero-order valence-electron chi connectivity index (χ0n) is 50.2. The van der Waals surface area contributed by atoms with Crippen molar-refractivity contribution in [3.63, 3.8) is 0 Å². The van der Waals surface area contributed by atoms with Gasteiger partial charge in [0.1, 0.15) is 97.0 Å². The third kappa shape index (κ3) is 10.7. The van der Waals surface area contributed by atoms with Crippen molar-refractivity contribution in [1.82, 2.24) is 0 Å². The molecule has 492 valence electrons. The maximum absolute atomic E-state index is 15.7. The highest BCUT2D eigenvalue weighted by Crippen LogP contribution is 2.75. The maximum atomic E-state index is 15.7. The second-order valence-electron chi connectivity index (χ2n) is 28.5. The SMILES string of the molecule is C[C@@H]1O[C@@H](O[C@@H]2[C@@H](O)[C@H](O[C@@H]3[C@@H](O)[C@@H](O)[C@H](O[C@H]4[C@H](OC(=O)[C@]56CCC(C)(C)C[C@H]5C5=CC[C@@H]7[C@@]8(C)C[C@H](O)[C@H](O[C@@H]9O[C@H](CO)[C@@H](O)[C@H](O)[C@H]9O)[C@@](C)(CO)[C@@H]8CC[C@@]7(C)[C@]5(C)CC6=O)O[C@H](C)[C@H](O)[C@@H]4O)O[C@H]3C)OC[C@H]2O)[C@H](O)[C@H](O)[C@H]1O. The second kappa shape index (κ2) is 24.1. The molecule has 0 aromatic carbocycles. The molecule has 0 aromatic rings. The molecule has 0 radical (unpaired) electrons. The van der Waals surface area contributed by atoms with Crippen LogP contribution in [0.15, 0.2) is 11.6 Å². The van der Waals surface area contributed by atoms with E-state index in [1.807, 2.05) is 6.92 Å². The minimum atomic E-state index is -2.00. The average molecular weight is 1240 g/mol. The van der Waals surface area contributed by atoms with Crippen molar-refractivity contribution >= 4 is 11.8 Å². The monoisotopic (exact) mass is 1230 g/mol. The molecule has 5 heterocycles. The Morgan fingerprint density at radius 1 is 0.570 bits per heavy atom. The van der Waals surface area contributed by atoms with Gasteiger partial charge < -0.3 is 124 Å². The maximum Gasteiger partial charge on any atom is 0.322 e. The molecule has 5 aliphatic heterocycles. The first kappa shape index (κ1) is 66.8. The Bertz CT molecular complexity index is 2470. The first-order valence-electron chi connectivity index (χ1n) is 30.5. The third-order valence-electron chi connectivity index (χ3n) is 22.9. The summed E-state index contributed by atoms with van der Waals surface area (Å²) < 4.78 is 59.2. The van der Waals surface area contributed by atoms with Gasteiger partial charge in [0.15, 0.2) is 37.0 Å². The lowest BCUT2D eigenvalue weighted by atomic mass is 9.33.